The molecular formula is C9H14N2O3S. The minimum atomic E-state index is -1.90. The van der Waals surface area contributed by atoms with E-state index in [1.54, 1.807) is 19.1 Å². The van der Waals surface area contributed by atoms with Crippen LogP contribution in [0.4, 0.5) is 0 Å². The van der Waals surface area contributed by atoms with Crippen LogP contribution in [-0.4, -0.2) is 25.5 Å². The number of nitrogens with two attached hydrogens (primary N) is 1. The third kappa shape index (κ3) is 3.07. The van der Waals surface area contributed by atoms with Gasteiger partial charge in [-0.15, -0.1) is 0 Å². The minimum Gasteiger partial charge on any atom is -0.394 e. The third-order valence-electron chi connectivity index (χ3n) is 2.16. The van der Waals surface area contributed by atoms with Crippen molar-refractivity contribution < 1.29 is 13.9 Å². The van der Waals surface area contributed by atoms with Crippen LogP contribution >= 0.6 is 0 Å². The predicted molar refractivity (Wildman–Crippen MR) is 57.4 cm³/mol. The van der Waals surface area contributed by atoms with Gasteiger partial charge < -0.3 is 15.4 Å². The SMILES string of the molecule is CC(c1ccc([C@@H](N)CO)nc1)S(=O)O. The molecule has 4 N–H and O–H groups in total. The Morgan fingerprint density at radius 2 is 2.27 bits per heavy atom. The number of pyridine rings is 1. The quantitative estimate of drug-likeness (QED) is 0.649. The smallest absolute Gasteiger partial charge is 0.160 e. The number of aliphatic hydroxyl groups excluding tert-OH is 1. The van der Waals surface area contributed by atoms with Crippen LogP contribution in [0.5, 0.6) is 0 Å². The summed E-state index contributed by atoms with van der Waals surface area (Å²) in [6, 6.07) is 2.84. The molecule has 0 saturated heterocycles. The van der Waals surface area contributed by atoms with Crippen LogP contribution in [0, 0.1) is 0 Å². The van der Waals surface area contributed by atoms with Crippen molar-refractivity contribution in [2.45, 2.75) is 18.2 Å². The van der Waals surface area contributed by atoms with Gasteiger partial charge in [-0.1, -0.05) is 6.07 Å². The first-order valence-corrected chi connectivity index (χ1v) is 5.65. The molecule has 0 aromatic carbocycles. The summed E-state index contributed by atoms with van der Waals surface area (Å²) in [6.45, 7) is 1.46. The molecule has 0 aliphatic rings. The van der Waals surface area contributed by atoms with Crippen molar-refractivity contribution in [3.63, 3.8) is 0 Å². The Balaban J connectivity index is 2.85. The molecule has 0 amide bonds. The maximum Gasteiger partial charge on any atom is 0.160 e. The summed E-state index contributed by atoms with van der Waals surface area (Å²) in [5.41, 5.74) is 6.80. The third-order valence-corrected chi connectivity index (χ3v) is 3.03. The molecule has 0 saturated carbocycles. The molecule has 5 nitrogen and oxygen atoms in total. The van der Waals surface area contributed by atoms with E-state index in [0.717, 1.165) is 0 Å². The van der Waals surface area contributed by atoms with Crippen molar-refractivity contribution in [1.29, 1.82) is 0 Å². The van der Waals surface area contributed by atoms with E-state index in [0.29, 0.717) is 11.3 Å². The van der Waals surface area contributed by atoms with Gasteiger partial charge in [0.1, 0.15) is 0 Å². The number of aliphatic hydroxyl groups is 1. The number of hydrogen-bond donors (Lipinski definition) is 3. The Labute approximate surface area is 90.6 Å². The summed E-state index contributed by atoms with van der Waals surface area (Å²) in [5.74, 6) is 0. The standard InChI is InChI=1S/C9H14N2O3S/c1-6(15(13)14)7-2-3-9(11-4-7)8(10)5-12/h2-4,6,8,12H,5,10H2,1H3,(H,13,14)/t6?,8-/m0/s1. The van der Waals surface area contributed by atoms with Gasteiger partial charge in [0.15, 0.2) is 11.1 Å². The second-order valence-corrected chi connectivity index (χ2v) is 4.48. The van der Waals surface area contributed by atoms with Crippen LogP contribution in [0.3, 0.4) is 0 Å². The van der Waals surface area contributed by atoms with Gasteiger partial charge in [-0.3, -0.25) is 4.98 Å². The van der Waals surface area contributed by atoms with E-state index in [2.05, 4.69) is 4.98 Å². The van der Waals surface area contributed by atoms with Gasteiger partial charge in [0.25, 0.3) is 0 Å². The number of rotatable bonds is 4. The van der Waals surface area contributed by atoms with Crippen LogP contribution in [-0.2, 0) is 11.1 Å². The second kappa shape index (κ2) is 5.32. The number of nitrogens with zero attached hydrogens (tertiary/aromatic N) is 1. The molecule has 2 unspecified atom stereocenters. The lowest BCUT2D eigenvalue weighted by Crippen LogP contribution is -2.16. The highest BCUT2D eigenvalue weighted by Crippen LogP contribution is 2.18. The molecule has 0 spiro atoms. The van der Waals surface area contributed by atoms with Crippen LogP contribution in [0.25, 0.3) is 0 Å². The topological polar surface area (TPSA) is 96.4 Å². The number of aromatic nitrogens is 1. The second-order valence-electron chi connectivity index (χ2n) is 3.22. The first-order valence-electron chi connectivity index (χ1n) is 4.48. The Bertz CT molecular complexity index is 342. The molecule has 0 fully saturated rings. The van der Waals surface area contributed by atoms with Gasteiger partial charge in [0, 0.05) is 6.20 Å². The van der Waals surface area contributed by atoms with E-state index in [1.807, 2.05) is 0 Å². The van der Waals surface area contributed by atoms with E-state index >= 15 is 0 Å². The van der Waals surface area contributed by atoms with Crippen molar-refractivity contribution in [3.8, 4) is 0 Å². The van der Waals surface area contributed by atoms with E-state index in [4.69, 9.17) is 15.4 Å². The van der Waals surface area contributed by atoms with Crippen molar-refractivity contribution >= 4 is 11.1 Å². The van der Waals surface area contributed by atoms with Crippen LogP contribution in [0.2, 0.25) is 0 Å². The molecule has 0 aliphatic carbocycles. The Morgan fingerprint density at radius 1 is 1.60 bits per heavy atom. The Morgan fingerprint density at radius 3 is 2.67 bits per heavy atom. The van der Waals surface area contributed by atoms with Crippen LogP contribution < -0.4 is 5.73 Å². The largest absolute Gasteiger partial charge is 0.394 e. The lowest BCUT2D eigenvalue weighted by molar-refractivity contribution is 0.266. The van der Waals surface area contributed by atoms with Crippen molar-refractivity contribution in [1.82, 2.24) is 4.98 Å². The van der Waals surface area contributed by atoms with Crippen molar-refractivity contribution in [3.05, 3.63) is 29.6 Å². The van der Waals surface area contributed by atoms with E-state index < -0.39 is 22.4 Å². The molecular weight excluding hydrogens is 216 g/mol. The molecule has 1 aromatic rings. The molecule has 1 aromatic heterocycles. The molecule has 0 radical (unpaired) electrons. The first kappa shape index (κ1) is 12.3. The monoisotopic (exact) mass is 230 g/mol. The fourth-order valence-corrected chi connectivity index (χ4v) is 1.46. The van der Waals surface area contributed by atoms with E-state index in [9.17, 15) is 4.21 Å². The fraction of sp³-hybridized carbons (Fsp3) is 0.444. The minimum absolute atomic E-state index is 0.173. The molecule has 0 aliphatic heterocycles. The van der Waals surface area contributed by atoms with Crippen LogP contribution in [0.15, 0.2) is 18.3 Å². The van der Waals surface area contributed by atoms with Gasteiger partial charge in [-0.05, 0) is 18.6 Å². The molecule has 6 heteroatoms. The van der Waals surface area contributed by atoms with Gasteiger partial charge >= 0.3 is 0 Å². The molecule has 1 heterocycles. The first-order chi connectivity index (χ1) is 7.06. The zero-order valence-corrected chi connectivity index (χ0v) is 9.15. The zero-order valence-electron chi connectivity index (χ0n) is 8.33. The summed E-state index contributed by atoms with van der Waals surface area (Å²) >= 11 is -1.90. The molecule has 84 valence electrons. The normalized spacial score (nSPS) is 17.1. The van der Waals surface area contributed by atoms with E-state index in [-0.39, 0.29) is 6.61 Å². The maximum atomic E-state index is 10.8. The molecule has 0 bridgehead atoms. The molecule has 15 heavy (non-hydrogen) atoms. The summed E-state index contributed by atoms with van der Waals surface area (Å²) in [4.78, 5) is 4.02. The highest BCUT2D eigenvalue weighted by atomic mass is 32.2. The highest BCUT2D eigenvalue weighted by molar-refractivity contribution is 7.79. The summed E-state index contributed by atoms with van der Waals surface area (Å²) in [7, 11) is 0. The van der Waals surface area contributed by atoms with Crippen LogP contribution in [0.1, 0.15) is 29.5 Å². The van der Waals surface area contributed by atoms with Crippen molar-refractivity contribution in [2.24, 2.45) is 5.73 Å². The van der Waals surface area contributed by atoms with Gasteiger partial charge in [-0.25, -0.2) is 4.21 Å². The molecule has 3 atom stereocenters. The summed E-state index contributed by atoms with van der Waals surface area (Å²) in [6.07, 6.45) is 1.50. The molecule has 1 rings (SSSR count). The summed E-state index contributed by atoms with van der Waals surface area (Å²) < 4.78 is 19.7. The zero-order chi connectivity index (χ0) is 11.4. The Kier molecular flexibility index (Phi) is 4.34. The lowest BCUT2D eigenvalue weighted by Gasteiger charge is -2.10. The van der Waals surface area contributed by atoms with Crippen molar-refractivity contribution in [2.75, 3.05) is 6.61 Å². The average Bonchev–Trinajstić information content (AvgIpc) is 2.27. The van der Waals surface area contributed by atoms with E-state index in [1.165, 1.54) is 6.20 Å². The fourth-order valence-electron chi connectivity index (χ4n) is 1.09. The maximum absolute atomic E-state index is 10.8. The predicted octanol–water partition coefficient (Wildman–Crippen LogP) is 0.356. The lowest BCUT2D eigenvalue weighted by atomic mass is 10.1. The van der Waals surface area contributed by atoms with Gasteiger partial charge in [-0.2, -0.15) is 0 Å². The summed E-state index contributed by atoms with van der Waals surface area (Å²) in [5, 5.41) is 8.33. The van der Waals surface area contributed by atoms with Gasteiger partial charge in [0.2, 0.25) is 0 Å². The average molecular weight is 230 g/mol. The van der Waals surface area contributed by atoms with Gasteiger partial charge in [0.05, 0.1) is 23.6 Å². The Hall–Kier alpha value is -0.820. The highest BCUT2D eigenvalue weighted by Gasteiger charge is 2.12. The number of hydrogen-bond acceptors (Lipinski definition) is 4.